The average molecular weight is 383 g/mol. The third-order valence-corrected chi connectivity index (χ3v) is 4.49. The molecule has 1 atom stereocenters. The number of hydrogen-bond donors (Lipinski definition) is 1. The zero-order valence-electron chi connectivity index (χ0n) is 14.9. The molecule has 26 heavy (non-hydrogen) atoms. The van der Waals surface area contributed by atoms with Crippen molar-refractivity contribution in [3.63, 3.8) is 0 Å². The number of methoxy groups -OCH3 is 1. The Morgan fingerprint density at radius 1 is 1.38 bits per heavy atom. The molecule has 1 aromatic carbocycles. The molecule has 1 aliphatic rings. The van der Waals surface area contributed by atoms with Gasteiger partial charge in [0, 0.05) is 33.0 Å². The number of carbonyl (C=O) groups is 3. The largest absolute Gasteiger partial charge is 0.465 e. The number of benzene rings is 1. The summed E-state index contributed by atoms with van der Waals surface area (Å²) < 4.78 is 10.2. The van der Waals surface area contributed by atoms with Gasteiger partial charge in [0.15, 0.2) is 0 Å². The van der Waals surface area contributed by atoms with Crippen LogP contribution < -0.4 is 5.32 Å². The van der Waals surface area contributed by atoms with Gasteiger partial charge in [-0.25, -0.2) is 4.79 Å². The number of anilines is 1. The number of nitrogens with one attached hydrogen (secondary N) is 1. The summed E-state index contributed by atoms with van der Waals surface area (Å²) in [6, 6.07) is 4.49. The van der Waals surface area contributed by atoms with Crippen molar-refractivity contribution >= 4 is 35.1 Å². The van der Waals surface area contributed by atoms with Crippen LogP contribution >= 0.6 is 11.6 Å². The van der Waals surface area contributed by atoms with E-state index in [1.54, 1.807) is 4.90 Å². The highest BCUT2D eigenvalue weighted by Gasteiger charge is 2.21. The van der Waals surface area contributed by atoms with Gasteiger partial charge in [0.2, 0.25) is 11.8 Å². The molecule has 1 saturated heterocycles. The van der Waals surface area contributed by atoms with E-state index in [0.29, 0.717) is 23.9 Å². The van der Waals surface area contributed by atoms with Crippen LogP contribution in [0.1, 0.15) is 36.5 Å². The highest BCUT2D eigenvalue weighted by molar-refractivity contribution is 6.33. The molecular formula is C18H23ClN2O5. The molecule has 1 unspecified atom stereocenters. The Bertz CT molecular complexity index is 674. The molecule has 7 nitrogen and oxygen atoms in total. The molecule has 8 heteroatoms. The lowest BCUT2D eigenvalue weighted by Gasteiger charge is -2.24. The van der Waals surface area contributed by atoms with Crippen molar-refractivity contribution in [3.05, 3.63) is 28.8 Å². The van der Waals surface area contributed by atoms with Crippen molar-refractivity contribution in [2.24, 2.45) is 0 Å². The molecule has 0 saturated carbocycles. The first kappa shape index (κ1) is 20.2. The van der Waals surface area contributed by atoms with Crippen LogP contribution in [0, 0.1) is 0 Å². The van der Waals surface area contributed by atoms with E-state index in [-0.39, 0.29) is 36.4 Å². The first-order valence-corrected chi connectivity index (χ1v) is 8.83. The molecule has 0 aromatic heterocycles. The van der Waals surface area contributed by atoms with Crippen LogP contribution in [0.25, 0.3) is 0 Å². The lowest BCUT2D eigenvalue weighted by molar-refractivity contribution is -0.130. The second kappa shape index (κ2) is 9.54. The van der Waals surface area contributed by atoms with Crippen LogP contribution in [0.15, 0.2) is 18.2 Å². The SMILES string of the molecule is COC(=O)c1ccc(Cl)c(NC(=O)CCN(CC2CCCO2)C(C)=O)c1. The highest BCUT2D eigenvalue weighted by Crippen LogP contribution is 2.23. The third-order valence-electron chi connectivity index (χ3n) is 4.16. The molecule has 1 heterocycles. The molecule has 1 aromatic rings. The fraction of sp³-hybridized carbons (Fsp3) is 0.500. The van der Waals surface area contributed by atoms with Crippen molar-refractivity contribution in [2.45, 2.75) is 32.3 Å². The zero-order valence-corrected chi connectivity index (χ0v) is 15.7. The normalized spacial score (nSPS) is 16.2. The quantitative estimate of drug-likeness (QED) is 0.732. The van der Waals surface area contributed by atoms with Crippen LogP contribution in [0.3, 0.4) is 0 Å². The van der Waals surface area contributed by atoms with E-state index in [2.05, 4.69) is 10.1 Å². The predicted molar refractivity (Wildman–Crippen MR) is 97.3 cm³/mol. The highest BCUT2D eigenvalue weighted by atomic mass is 35.5. The van der Waals surface area contributed by atoms with E-state index in [1.807, 2.05) is 0 Å². The van der Waals surface area contributed by atoms with Gasteiger partial charge in [0.05, 0.1) is 29.5 Å². The van der Waals surface area contributed by atoms with E-state index >= 15 is 0 Å². The summed E-state index contributed by atoms with van der Waals surface area (Å²) in [5, 5.41) is 2.98. The Morgan fingerprint density at radius 2 is 2.15 bits per heavy atom. The smallest absolute Gasteiger partial charge is 0.337 e. The number of hydrogen-bond acceptors (Lipinski definition) is 5. The maximum absolute atomic E-state index is 12.2. The second-order valence-corrected chi connectivity index (χ2v) is 6.49. The summed E-state index contributed by atoms with van der Waals surface area (Å²) in [5.41, 5.74) is 0.615. The minimum atomic E-state index is -0.517. The van der Waals surface area contributed by atoms with Crippen LogP contribution in [-0.2, 0) is 19.1 Å². The molecule has 0 aliphatic carbocycles. The average Bonchev–Trinajstić information content (AvgIpc) is 3.12. The van der Waals surface area contributed by atoms with E-state index in [9.17, 15) is 14.4 Å². The molecule has 1 N–H and O–H groups in total. The number of ether oxygens (including phenoxy) is 2. The van der Waals surface area contributed by atoms with Gasteiger partial charge in [-0.2, -0.15) is 0 Å². The number of amides is 2. The minimum absolute atomic E-state index is 0.0353. The first-order chi connectivity index (χ1) is 12.4. The van der Waals surface area contributed by atoms with E-state index in [0.717, 1.165) is 12.8 Å². The Hall–Kier alpha value is -2.12. The molecule has 1 fully saturated rings. The summed E-state index contributed by atoms with van der Waals surface area (Å²) in [6.45, 7) is 2.96. The molecule has 0 bridgehead atoms. The van der Waals surface area contributed by atoms with Gasteiger partial charge >= 0.3 is 5.97 Å². The van der Waals surface area contributed by atoms with E-state index < -0.39 is 5.97 Å². The molecule has 0 spiro atoms. The molecule has 142 valence electrons. The van der Waals surface area contributed by atoms with Crippen molar-refractivity contribution < 1.29 is 23.9 Å². The summed E-state index contributed by atoms with van der Waals surface area (Å²) in [6.07, 6.45) is 2.07. The van der Waals surface area contributed by atoms with E-state index in [1.165, 1.54) is 32.2 Å². The van der Waals surface area contributed by atoms with Crippen LogP contribution in [-0.4, -0.2) is 55.6 Å². The minimum Gasteiger partial charge on any atom is -0.465 e. The van der Waals surface area contributed by atoms with Crippen molar-refractivity contribution in [3.8, 4) is 0 Å². The Morgan fingerprint density at radius 3 is 2.77 bits per heavy atom. The van der Waals surface area contributed by atoms with E-state index in [4.69, 9.17) is 16.3 Å². The molecule has 2 rings (SSSR count). The fourth-order valence-electron chi connectivity index (χ4n) is 2.73. The van der Waals surface area contributed by atoms with Crippen LogP contribution in [0.2, 0.25) is 5.02 Å². The maximum atomic E-state index is 12.2. The Balaban J connectivity index is 1.92. The zero-order chi connectivity index (χ0) is 19.1. The topological polar surface area (TPSA) is 84.9 Å². The monoisotopic (exact) mass is 382 g/mol. The Kier molecular flexibility index (Phi) is 7.41. The number of nitrogens with zero attached hydrogens (tertiary/aromatic N) is 1. The standard InChI is InChI=1S/C18H23ClN2O5/c1-12(22)21(11-14-4-3-9-26-14)8-7-17(23)20-16-10-13(18(24)25-2)5-6-15(16)19/h5-6,10,14H,3-4,7-9,11H2,1-2H3,(H,20,23). The molecular weight excluding hydrogens is 360 g/mol. The lowest BCUT2D eigenvalue weighted by Crippen LogP contribution is -2.37. The summed E-state index contributed by atoms with van der Waals surface area (Å²) in [7, 11) is 1.28. The van der Waals surface area contributed by atoms with Gasteiger partial charge in [-0.05, 0) is 31.0 Å². The van der Waals surface area contributed by atoms with Crippen molar-refractivity contribution in [1.29, 1.82) is 0 Å². The summed E-state index contributed by atoms with van der Waals surface area (Å²) in [5.74, 6) is -0.914. The molecule has 1 aliphatic heterocycles. The fourth-order valence-corrected chi connectivity index (χ4v) is 2.89. The number of carbonyl (C=O) groups excluding carboxylic acids is 3. The van der Waals surface area contributed by atoms with Gasteiger partial charge in [0.1, 0.15) is 0 Å². The maximum Gasteiger partial charge on any atom is 0.337 e. The Labute approximate surface area is 157 Å². The van der Waals surface area contributed by atoms with Gasteiger partial charge in [-0.1, -0.05) is 11.6 Å². The van der Waals surface area contributed by atoms with Gasteiger partial charge in [0.25, 0.3) is 0 Å². The molecule has 2 amide bonds. The second-order valence-electron chi connectivity index (χ2n) is 6.08. The van der Waals surface area contributed by atoms with Gasteiger partial charge in [-0.3, -0.25) is 9.59 Å². The first-order valence-electron chi connectivity index (χ1n) is 8.45. The van der Waals surface area contributed by atoms with Crippen molar-refractivity contribution in [1.82, 2.24) is 4.90 Å². The third kappa shape index (κ3) is 5.71. The van der Waals surface area contributed by atoms with Gasteiger partial charge in [-0.15, -0.1) is 0 Å². The number of rotatable bonds is 7. The molecule has 0 radical (unpaired) electrons. The van der Waals surface area contributed by atoms with Crippen LogP contribution in [0.5, 0.6) is 0 Å². The lowest BCUT2D eigenvalue weighted by atomic mass is 10.2. The van der Waals surface area contributed by atoms with Gasteiger partial charge < -0.3 is 19.7 Å². The summed E-state index contributed by atoms with van der Waals surface area (Å²) in [4.78, 5) is 37.2. The van der Waals surface area contributed by atoms with Crippen LogP contribution in [0.4, 0.5) is 5.69 Å². The predicted octanol–water partition coefficient (Wildman–Crippen LogP) is 2.48. The number of halogens is 1. The number of esters is 1. The van der Waals surface area contributed by atoms with Crippen molar-refractivity contribution in [2.75, 3.05) is 32.1 Å². The summed E-state index contributed by atoms with van der Waals surface area (Å²) >= 11 is 6.07.